The summed E-state index contributed by atoms with van der Waals surface area (Å²) < 4.78 is 0. The molecule has 1 aliphatic rings. The first kappa shape index (κ1) is 9.13. The number of hydrazine groups is 2. The topological polar surface area (TPSA) is 36.1 Å². The summed E-state index contributed by atoms with van der Waals surface area (Å²) in [6.07, 6.45) is 2.14. The Morgan fingerprint density at radius 2 is 2.00 bits per heavy atom. The van der Waals surface area contributed by atoms with E-state index in [4.69, 9.17) is 0 Å². The maximum absolute atomic E-state index is 3.09. The standard InChI is InChI=1S/C9H17N3/c1-5-8(6(2)3)9-7(4)10-12-11-9/h5-6,10-12H,1-4H3/b8-5+. The van der Waals surface area contributed by atoms with Crippen molar-refractivity contribution in [1.82, 2.24) is 16.4 Å². The van der Waals surface area contributed by atoms with Crippen molar-refractivity contribution < 1.29 is 0 Å². The molecular weight excluding hydrogens is 150 g/mol. The lowest BCUT2D eigenvalue weighted by Gasteiger charge is -2.12. The molecule has 1 rings (SSSR count). The Morgan fingerprint density at radius 3 is 2.33 bits per heavy atom. The van der Waals surface area contributed by atoms with Gasteiger partial charge in [-0.25, -0.2) is 0 Å². The van der Waals surface area contributed by atoms with Gasteiger partial charge in [0.15, 0.2) is 0 Å². The molecule has 0 bridgehead atoms. The van der Waals surface area contributed by atoms with Crippen LogP contribution in [-0.4, -0.2) is 0 Å². The van der Waals surface area contributed by atoms with Crippen LogP contribution in [0.1, 0.15) is 27.7 Å². The van der Waals surface area contributed by atoms with Crippen LogP contribution < -0.4 is 16.4 Å². The second kappa shape index (κ2) is 3.63. The van der Waals surface area contributed by atoms with E-state index in [-0.39, 0.29) is 0 Å². The van der Waals surface area contributed by atoms with E-state index in [1.165, 1.54) is 11.3 Å². The van der Waals surface area contributed by atoms with E-state index in [9.17, 15) is 0 Å². The van der Waals surface area contributed by atoms with Gasteiger partial charge < -0.3 is 10.9 Å². The zero-order chi connectivity index (χ0) is 9.14. The molecule has 0 aromatic heterocycles. The Morgan fingerprint density at radius 1 is 1.33 bits per heavy atom. The highest BCUT2D eigenvalue weighted by Crippen LogP contribution is 2.20. The number of allylic oxidation sites excluding steroid dienone is 3. The molecule has 0 fully saturated rings. The van der Waals surface area contributed by atoms with Crippen molar-refractivity contribution in [2.45, 2.75) is 27.7 Å². The molecule has 68 valence electrons. The molecule has 0 atom stereocenters. The first-order valence-corrected chi connectivity index (χ1v) is 4.31. The molecule has 3 nitrogen and oxygen atoms in total. The SMILES string of the molecule is C/C=C(/C1=C(C)NNN1)C(C)C. The number of hydrogen-bond acceptors (Lipinski definition) is 3. The van der Waals surface area contributed by atoms with Crippen LogP contribution >= 0.6 is 0 Å². The quantitative estimate of drug-likeness (QED) is 0.582. The average molecular weight is 167 g/mol. The summed E-state index contributed by atoms with van der Waals surface area (Å²) in [6, 6.07) is 0. The van der Waals surface area contributed by atoms with Crippen LogP contribution in [-0.2, 0) is 0 Å². The third kappa shape index (κ3) is 1.61. The lowest BCUT2D eigenvalue weighted by atomic mass is 9.99. The predicted molar refractivity (Wildman–Crippen MR) is 50.7 cm³/mol. The molecule has 0 aliphatic carbocycles. The third-order valence-corrected chi connectivity index (χ3v) is 2.03. The summed E-state index contributed by atoms with van der Waals surface area (Å²) in [6.45, 7) is 8.50. The maximum atomic E-state index is 3.09. The van der Waals surface area contributed by atoms with Gasteiger partial charge in [-0.2, -0.15) is 5.53 Å². The van der Waals surface area contributed by atoms with Crippen LogP contribution in [0.2, 0.25) is 0 Å². The fraction of sp³-hybridized carbons (Fsp3) is 0.556. The Bertz CT molecular complexity index is 226. The minimum atomic E-state index is 0.550. The van der Waals surface area contributed by atoms with Gasteiger partial charge >= 0.3 is 0 Å². The van der Waals surface area contributed by atoms with Gasteiger partial charge in [0.05, 0.1) is 5.70 Å². The Balaban J connectivity index is 2.87. The fourth-order valence-corrected chi connectivity index (χ4v) is 1.40. The predicted octanol–water partition coefficient (Wildman–Crippen LogP) is 1.43. The van der Waals surface area contributed by atoms with Crippen LogP contribution in [0.3, 0.4) is 0 Å². The Kier molecular flexibility index (Phi) is 2.76. The van der Waals surface area contributed by atoms with Gasteiger partial charge in [-0.1, -0.05) is 19.9 Å². The lowest BCUT2D eigenvalue weighted by Crippen LogP contribution is -2.32. The van der Waals surface area contributed by atoms with E-state index in [0.29, 0.717) is 5.92 Å². The molecule has 1 aliphatic heterocycles. The summed E-state index contributed by atoms with van der Waals surface area (Å²) in [5.41, 5.74) is 12.6. The van der Waals surface area contributed by atoms with Crippen molar-refractivity contribution in [1.29, 1.82) is 0 Å². The first-order chi connectivity index (χ1) is 5.66. The number of hydrogen-bond donors (Lipinski definition) is 3. The third-order valence-electron chi connectivity index (χ3n) is 2.03. The molecule has 3 N–H and O–H groups in total. The van der Waals surface area contributed by atoms with Crippen LogP contribution in [0.4, 0.5) is 0 Å². The van der Waals surface area contributed by atoms with E-state index < -0.39 is 0 Å². The second-order valence-electron chi connectivity index (χ2n) is 3.27. The molecule has 0 amide bonds. The minimum absolute atomic E-state index is 0.550. The second-order valence-corrected chi connectivity index (χ2v) is 3.27. The molecular formula is C9H17N3. The molecule has 0 unspecified atom stereocenters. The van der Waals surface area contributed by atoms with Crippen LogP contribution in [0.5, 0.6) is 0 Å². The fourth-order valence-electron chi connectivity index (χ4n) is 1.40. The molecule has 1 heterocycles. The normalized spacial score (nSPS) is 18.2. The Labute approximate surface area is 73.9 Å². The summed E-state index contributed by atoms with van der Waals surface area (Å²) in [4.78, 5) is 0. The molecule has 0 aromatic carbocycles. The van der Waals surface area contributed by atoms with Crippen molar-refractivity contribution >= 4 is 0 Å². The average Bonchev–Trinajstić information content (AvgIpc) is 2.38. The molecule has 0 saturated carbocycles. The Hall–Kier alpha value is -0.960. The van der Waals surface area contributed by atoms with Crippen molar-refractivity contribution in [2.75, 3.05) is 0 Å². The summed E-state index contributed by atoms with van der Waals surface area (Å²) in [7, 11) is 0. The van der Waals surface area contributed by atoms with Gasteiger partial charge in [-0.3, -0.25) is 0 Å². The van der Waals surface area contributed by atoms with E-state index in [2.05, 4.69) is 43.2 Å². The maximum Gasteiger partial charge on any atom is 0.0737 e. The van der Waals surface area contributed by atoms with Gasteiger partial charge in [0.1, 0.15) is 0 Å². The lowest BCUT2D eigenvalue weighted by molar-refractivity contribution is 0.585. The van der Waals surface area contributed by atoms with Gasteiger partial charge in [0.25, 0.3) is 0 Å². The summed E-state index contributed by atoms with van der Waals surface area (Å²) >= 11 is 0. The zero-order valence-corrected chi connectivity index (χ0v) is 8.15. The molecule has 0 aromatic rings. The summed E-state index contributed by atoms with van der Waals surface area (Å²) in [5, 5.41) is 0. The van der Waals surface area contributed by atoms with Gasteiger partial charge in [0.2, 0.25) is 0 Å². The van der Waals surface area contributed by atoms with Crippen molar-refractivity contribution in [3.63, 3.8) is 0 Å². The van der Waals surface area contributed by atoms with Gasteiger partial charge in [-0.05, 0) is 25.3 Å². The zero-order valence-electron chi connectivity index (χ0n) is 8.15. The van der Waals surface area contributed by atoms with Crippen molar-refractivity contribution in [3.8, 4) is 0 Å². The van der Waals surface area contributed by atoms with Crippen LogP contribution in [0.25, 0.3) is 0 Å². The monoisotopic (exact) mass is 167 g/mol. The molecule has 0 spiro atoms. The minimum Gasteiger partial charge on any atom is -0.306 e. The van der Waals surface area contributed by atoms with E-state index in [0.717, 1.165) is 5.70 Å². The molecule has 3 heteroatoms. The van der Waals surface area contributed by atoms with E-state index in [1.807, 2.05) is 6.92 Å². The van der Waals surface area contributed by atoms with Crippen molar-refractivity contribution in [2.24, 2.45) is 5.92 Å². The van der Waals surface area contributed by atoms with Gasteiger partial charge in [0, 0.05) is 5.70 Å². The smallest absolute Gasteiger partial charge is 0.0737 e. The van der Waals surface area contributed by atoms with Gasteiger partial charge in [-0.15, -0.1) is 0 Å². The van der Waals surface area contributed by atoms with Crippen molar-refractivity contribution in [3.05, 3.63) is 23.0 Å². The highest BCUT2D eigenvalue weighted by atomic mass is 15.6. The summed E-state index contributed by atoms with van der Waals surface area (Å²) in [5.74, 6) is 0.550. The molecule has 12 heavy (non-hydrogen) atoms. The van der Waals surface area contributed by atoms with E-state index in [1.54, 1.807) is 0 Å². The van der Waals surface area contributed by atoms with Crippen LogP contribution in [0.15, 0.2) is 23.0 Å². The first-order valence-electron chi connectivity index (χ1n) is 4.31. The largest absolute Gasteiger partial charge is 0.306 e. The molecule has 0 saturated heterocycles. The highest BCUT2D eigenvalue weighted by molar-refractivity contribution is 5.34. The number of rotatable bonds is 2. The highest BCUT2D eigenvalue weighted by Gasteiger charge is 2.14. The molecule has 0 radical (unpaired) electrons. The van der Waals surface area contributed by atoms with E-state index >= 15 is 0 Å². The van der Waals surface area contributed by atoms with Crippen LogP contribution in [0, 0.1) is 5.92 Å². The number of nitrogens with one attached hydrogen (secondary N) is 3.